The van der Waals surface area contributed by atoms with Gasteiger partial charge in [0, 0.05) is 42.8 Å². The maximum atomic E-state index is 13.2. The molecule has 1 aliphatic rings. The van der Waals surface area contributed by atoms with Gasteiger partial charge in [0.1, 0.15) is 0 Å². The summed E-state index contributed by atoms with van der Waals surface area (Å²) in [7, 11) is 6.76. The molecule has 1 amide bonds. The summed E-state index contributed by atoms with van der Waals surface area (Å²) in [6, 6.07) is 14.1. The molecule has 0 N–H and O–H groups in total. The van der Waals surface area contributed by atoms with Gasteiger partial charge in [-0.2, -0.15) is 0 Å². The first-order valence-electron chi connectivity index (χ1n) is 9.71. The molecule has 0 spiro atoms. The van der Waals surface area contributed by atoms with Crippen molar-refractivity contribution in [3.63, 3.8) is 0 Å². The van der Waals surface area contributed by atoms with Gasteiger partial charge in [-0.3, -0.25) is 4.79 Å². The Kier molecular flexibility index (Phi) is 5.09. The van der Waals surface area contributed by atoms with Crippen molar-refractivity contribution in [1.82, 2.24) is 9.47 Å². The maximum absolute atomic E-state index is 13.2. The smallest absolute Gasteiger partial charge is 0.254 e. The van der Waals surface area contributed by atoms with Gasteiger partial charge >= 0.3 is 0 Å². The molecule has 3 aromatic rings. The summed E-state index contributed by atoms with van der Waals surface area (Å²) in [6.45, 7) is 1.42. The molecule has 1 saturated heterocycles. The number of para-hydroxylation sites is 1. The summed E-state index contributed by atoms with van der Waals surface area (Å²) in [5.41, 5.74) is 3.03. The predicted molar refractivity (Wildman–Crippen MR) is 112 cm³/mol. The summed E-state index contributed by atoms with van der Waals surface area (Å²) < 4.78 is 18.4. The number of rotatable bonds is 5. The second-order valence-corrected chi connectivity index (χ2v) is 7.34. The van der Waals surface area contributed by atoms with Gasteiger partial charge in [0.15, 0.2) is 11.5 Å². The Labute approximate surface area is 170 Å². The van der Waals surface area contributed by atoms with Crippen LogP contribution in [0.1, 0.15) is 28.4 Å². The maximum Gasteiger partial charge on any atom is 0.254 e. The highest BCUT2D eigenvalue weighted by molar-refractivity contribution is 5.96. The van der Waals surface area contributed by atoms with Gasteiger partial charge in [0.05, 0.1) is 21.3 Å². The highest BCUT2D eigenvalue weighted by Gasteiger charge is 2.31. The van der Waals surface area contributed by atoms with Gasteiger partial charge in [0.25, 0.3) is 5.91 Å². The average molecular weight is 394 g/mol. The Morgan fingerprint density at radius 2 is 1.69 bits per heavy atom. The van der Waals surface area contributed by atoms with E-state index in [0.29, 0.717) is 35.3 Å². The van der Waals surface area contributed by atoms with Crippen molar-refractivity contribution >= 4 is 16.8 Å². The molecule has 6 heteroatoms. The van der Waals surface area contributed by atoms with Crippen LogP contribution in [0.15, 0.2) is 42.5 Å². The normalized spacial score (nSPS) is 16.3. The van der Waals surface area contributed by atoms with Crippen LogP contribution in [0.2, 0.25) is 0 Å². The van der Waals surface area contributed by atoms with Crippen molar-refractivity contribution in [2.24, 2.45) is 7.05 Å². The number of nitrogens with zero attached hydrogens (tertiary/aromatic N) is 2. The number of amides is 1. The fraction of sp³-hybridized carbons (Fsp3) is 0.348. The SMILES string of the molecule is COc1cc(C(=O)N2CCC(c3cc4ccccc4n3C)C2)cc(OC)c1OC. The highest BCUT2D eigenvalue weighted by atomic mass is 16.5. The van der Waals surface area contributed by atoms with Crippen molar-refractivity contribution in [1.29, 1.82) is 0 Å². The third kappa shape index (κ3) is 3.28. The first kappa shape index (κ1) is 19.2. The third-order valence-corrected chi connectivity index (χ3v) is 5.79. The molecule has 0 radical (unpaired) electrons. The van der Waals surface area contributed by atoms with Gasteiger partial charge in [0.2, 0.25) is 5.75 Å². The molecule has 152 valence electrons. The van der Waals surface area contributed by atoms with E-state index in [-0.39, 0.29) is 5.91 Å². The lowest BCUT2D eigenvalue weighted by Crippen LogP contribution is -2.28. The van der Waals surface area contributed by atoms with E-state index in [9.17, 15) is 4.79 Å². The predicted octanol–water partition coefficient (Wildman–Crippen LogP) is 3.83. The lowest BCUT2D eigenvalue weighted by atomic mass is 10.0. The molecule has 0 aliphatic carbocycles. The number of carbonyl (C=O) groups excluding carboxylic acids is 1. The summed E-state index contributed by atoms with van der Waals surface area (Å²) in [6.07, 6.45) is 0.945. The number of fused-ring (bicyclic) bond motifs is 1. The first-order chi connectivity index (χ1) is 14.1. The van der Waals surface area contributed by atoms with Crippen LogP contribution in [0.3, 0.4) is 0 Å². The van der Waals surface area contributed by atoms with Gasteiger partial charge in [-0.05, 0) is 36.1 Å². The van der Waals surface area contributed by atoms with Crippen LogP contribution in [0.4, 0.5) is 0 Å². The van der Waals surface area contributed by atoms with Crippen LogP contribution in [0, 0.1) is 0 Å². The Hall–Kier alpha value is -3.15. The number of carbonyl (C=O) groups is 1. The van der Waals surface area contributed by atoms with E-state index in [1.807, 2.05) is 4.90 Å². The highest BCUT2D eigenvalue weighted by Crippen LogP contribution is 2.39. The molecule has 2 heterocycles. The van der Waals surface area contributed by atoms with Crippen LogP contribution in [-0.2, 0) is 7.05 Å². The molecule has 1 atom stereocenters. The molecule has 29 heavy (non-hydrogen) atoms. The Balaban J connectivity index is 1.59. The number of ether oxygens (including phenoxy) is 3. The van der Waals surface area contributed by atoms with Crippen molar-refractivity contribution in [2.45, 2.75) is 12.3 Å². The largest absolute Gasteiger partial charge is 0.493 e. The van der Waals surface area contributed by atoms with Gasteiger partial charge in [-0.25, -0.2) is 0 Å². The van der Waals surface area contributed by atoms with E-state index in [2.05, 4.69) is 41.9 Å². The van der Waals surface area contributed by atoms with E-state index in [0.717, 1.165) is 13.0 Å². The number of hydrogen-bond acceptors (Lipinski definition) is 4. The lowest BCUT2D eigenvalue weighted by Gasteiger charge is -2.19. The van der Waals surface area contributed by atoms with E-state index in [4.69, 9.17) is 14.2 Å². The topological polar surface area (TPSA) is 52.9 Å². The molecule has 4 rings (SSSR count). The summed E-state index contributed by atoms with van der Waals surface area (Å²) in [4.78, 5) is 15.1. The number of benzene rings is 2. The van der Waals surface area contributed by atoms with Gasteiger partial charge in [-0.15, -0.1) is 0 Å². The molecule has 1 aromatic heterocycles. The molecule has 0 saturated carbocycles. The zero-order chi connectivity index (χ0) is 20.5. The van der Waals surface area contributed by atoms with E-state index in [1.54, 1.807) is 33.5 Å². The number of methoxy groups -OCH3 is 3. The second-order valence-electron chi connectivity index (χ2n) is 7.34. The Morgan fingerprint density at radius 1 is 1.00 bits per heavy atom. The molecule has 1 fully saturated rings. The van der Waals surface area contributed by atoms with Gasteiger partial charge < -0.3 is 23.7 Å². The second kappa shape index (κ2) is 7.70. The molecular weight excluding hydrogens is 368 g/mol. The standard InChI is InChI=1S/C23H26N2O4/c1-24-18-8-6-5-7-15(18)11-19(24)16-9-10-25(14-16)23(26)17-12-20(27-2)22(29-4)21(13-17)28-3/h5-8,11-13,16H,9-10,14H2,1-4H3. The molecule has 6 nitrogen and oxygen atoms in total. The first-order valence-corrected chi connectivity index (χ1v) is 9.71. The minimum Gasteiger partial charge on any atom is -0.493 e. The summed E-state index contributed by atoms with van der Waals surface area (Å²) in [5, 5.41) is 1.24. The average Bonchev–Trinajstić information content (AvgIpc) is 3.37. The van der Waals surface area contributed by atoms with Crippen LogP contribution in [0.5, 0.6) is 17.2 Å². The number of aryl methyl sites for hydroxylation is 1. The zero-order valence-electron chi connectivity index (χ0n) is 17.3. The number of likely N-dealkylation sites (tertiary alicyclic amines) is 1. The fourth-order valence-corrected chi connectivity index (χ4v) is 4.28. The summed E-state index contributed by atoms with van der Waals surface area (Å²) >= 11 is 0. The van der Waals surface area contributed by atoms with Crippen molar-refractivity contribution in [2.75, 3.05) is 34.4 Å². The fourth-order valence-electron chi connectivity index (χ4n) is 4.28. The monoisotopic (exact) mass is 394 g/mol. The Bertz CT molecular complexity index is 1030. The minimum atomic E-state index is -0.0227. The third-order valence-electron chi connectivity index (χ3n) is 5.79. The lowest BCUT2D eigenvalue weighted by molar-refractivity contribution is 0.0789. The quantitative estimate of drug-likeness (QED) is 0.660. The van der Waals surface area contributed by atoms with Crippen LogP contribution < -0.4 is 14.2 Å². The minimum absolute atomic E-state index is 0.0227. The van der Waals surface area contributed by atoms with Crippen LogP contribution >= 0.6 is 0 Å². The van der Waals surface area contributed by atoms with Crippen molar-refractivity contribution < 1.29 is 19.0 Å². The van der Waals surface area contributed by atoms with E-state index < -0.39 is 0 Å². The summed E-state index contributed by atoms with van der Waals surface area (Å²) in [5.74, 6) is 1.75. The number of hydrogen-bond donors (Lipinski definition) is 0. The Morgan fingerprint density at radius 3 is 2.31 bits per heavy atom. The zero-order valence-corrected chi connectivity index (χ0v) is 17.3. The van der Waals surface area contributed by atoms with Crippen molar-refractivity contribution in [3.8, 4) is 17.2 Å². The molecule has 0 bridgehead atoms. The van der Waals surface area contributed by atoms with Crippen LogP contribution in [-0.4, -0.2) is 49.8 Å². The molecule has 2 aromatic carbocycles. The van der Waals surface area contributed by atoms with Crippen molar-refractivity contribution in [3.05, 3.63) is 53.7 Å². The molecular formula is C23H26N2O4. The number of aromatic nitrogens is 1. The van der Waals surface area contributed by atoms with Crippen LogP contribution in [0.25, 0.3) is 10.9 Å². The van der Waals surface area contributed by atoms with Gasteiger partial charge in [-0.1, -0.05) is 18.2 Å². The van der Waals surface area contributed by atoms with E-state index in [1.165, 1.54) is 16.6 Å². The molecule has 1 unspecified atom stereocenters. The van der Waals surface area contributed by atoms with E-state index >= 15 is 0 Å². The molecule has 1 aliphatic heterocycles.